The Morgan fingerprint density at radius 2 is 1.56 bits per heavy atom. The highest BCUT2D eigenvalue weighted by Gasteiger charge is 2.53. The number of fused-ring (bicyclic) bond motifs is 6. The summed E-state index contributed by atoms with van der Waals surface area (Å²) >= 11 is 0. The van der Waals surface area contributed by atoms with Gasteiger partial charge in [-0.05, 0) is 55.2 Å². The number of nitrogens with one attached hydrogen (secondary N) is 1. The molecular weight excluding hydrogens is 434 g/mol. The van der Waals surface area contributed by atoms with Crippen LogP contribution in [0.2, 0.25) is 0 Å². The molecule has 0 aromatic heterocycles. The van der Waals surface area contributed by atoms with Gasteiger partial charge in [-0.1, -0.05) is 19.9 Å². The molecule has 0 fully saturated rings. The number of hydrogen-bond acceptors (Lipinski definition) is 6. The lowest BCUT2D eigenvalue weighted by Gasteiger charge is -2.36. The summed E-state index contributed by atoms with van der Waals surface area (Å²) in [5.41, 5.74) is 0.984. The fourth-order valence-electron chi connectivity index (χ4n) is 4.66. The van der Waals surface area contributed by atoms with Gasteiger partial charge in [0.25, 0.3) is 5.91 Å². The maximum absolute atomic E-state index is 13.1. The first kappa shape index (κ1) is 21.8. The molecule has 3 aromatic carbocycles. The number of esters is 1. The van der Waals surface area contributed by atoms with Crippen molar-refractivity contribution in [2.24, 2.45) is 5.92 Å². The first-order valence-electron chi connectivity index (χ1n) is 11.3. The van der Waals surface area contributed by atoms with E-state index in [9.17, 15) is 19.8 Å². The van der Waals surface area contributed by atoms with E-state index in [-0.39, 0.29) is 23.0 Å². The van der Waals surface area contributed by atoms with Crippen molar-refractivity contribution in [2.75, 3.05) is 6.54 Å². The van der Waals surface area contributed by atoms with Crippen molar-refractivity contribution in [3.63, 3.8) is 0 Å². The summed E-state index contributed by atoms with van der Waals surface area (Å²) < 4.78 is 12.0. The van der Waals surface area contributed by atoms with E-state index >= 15 is 0 Å². The standard InChI is InChI=1S/C27H25NO6/c1-15(2)4-3-11-28-25(31)16-5-8-20-19(12-16)26(32)34-27(20)21-9-6-17(29)13-23(21)33-24-14-18(30)7-10-22(24)27/h5-10,12-15,29-30H,3-4,11H2,1-2H3,(H,28,31). The minimum atomic E-state index is -1.33. The largest absolute Gasteiger partial charge is 0.508 e. The van der Waals surface area contributed by atoms with Crippen molar-refractivity contribution >= 4 is 11.9 Å². The summed E-state index contributed by atoms with van der Waals surface area (Å²) in [5.74, 6) is 0.360. The summed E-state index contributed by atoms with van der Waals surface area (Å²) in [6.45, 7) is 4.84. The van der Waals surface area contributed by atoms with E-state index < -0.39 is 11.6 Å². The zero-order chi connectivity index (χ0) is 24.0. The van der Waals surface area contributed by atoms with Gasteiger partial charge in [-0.2, -0.15) is 0 Å². The molecule has 0 aliphatic carbocycles. The number of carbonyl (C=O) groups excluding carboxylic acids is 2. The summed E-state index contributed by atoms with van der Waals surface area (Å²) in [6.07, 6.45) is 1.90. The molecule has 0 atom stereocenters. The Morgan fingerprint density at radius 1 is 0.941 bits per heavy atom. The van der Waals surface area contributed by atoms with Crippen LogP contribution in [0.15, 0.2) is 54.6 Å². The number of ether oxygens (including phenoxy) is 2. The molecule has 34 heavy (non-hydrogen) atoms. The molecule has 0 saturated carbocycles. The molecule has 5 rings (SSSR count). The Hall–Kier alpha value is -4.00. The topological polar surface area (TPSA) is 105 Å². The third-order valence-corrected chi connectivity index (χ3v) is 6.28. The van der Waals surface area contributed by atoms with Crippen molar-refractivity contribution in [3.8, 4) is 23.0 Å². The molecule has 1 amide bonds. The van der Waals surface area contributed by atoms with Gasteiger partial charge in [0.15, 0.2) is 5.60 Å². The SMILES string of the molecule is CC(C)CCCNC(=O)c1ccc2c(c1)C(=O)OC21c2ccc(O)cc2Oc2cc(O)ccc21. The Balaban J connectivity index is 1.58. The zero-order valence-electron chi connectivity index (χ0n) is 18.9. The van der Waals surface area contributed by atoms with Crippen LogP contribution in [-0.2, 0) is 10.3 Å². The number of carbonyl (C=O) groups is 2. The van der Waals surface area contributed by atoms with Gasteiger partial charge in [0.1, 0.15) is 23.0 Å². The highest BCUT2D eigenvalue weighted by molar-refractivity contribution is 6.01. The van der Waals surface area contributed by atoms with Gasteiger partial charge in [-0.15, -0.1) is 0 Å². The molecule has 3 N–H and O–H groups in total. The highest BCUT2D eigenvalue weighted by Crippen LogP contribution is 2.57. The molecule has 2 aliphatic heterocycles. The molecule has 0 unspecified atom stereocenters. The van der Waals surface area contributed by atoms with Crippen LogP contribution in [-0.4, -0.2) is 28.6 Å². The predicted molar refractivity (Wildman–Crippen MR) is 124 cm³/mol. The smallest absolute Gasteiger partial charge is 0.340 e. The molecule has 2 aliphatic rings. The average Bonchev–Trinajstić information content (AvgIpc) is 3.08. The monoisotopic (exact) mass is 459 g/mol. The number of aromatic hydroxyl groups is 2. The van der Waals surface area contributed by atoms with Crippen LogP contribution in [0.5, 0.6) is 23.0 Å². The van der Waals surface area contributed by atoms with Gasteiger partial charge in [0.05, 0.1) is 5.56 Å². The van der Waals surface area contributed by atoms with Gasteiger partial charge >= 0.3 is 5.97 Å². The van der Waals surface area contributed by atoms with Gasteiger partial charge in [0, 0.05) is 40.9 Å². The Kier molecular flexibility index (Phi) is 5.20. The van der Waals surface area contributed by atoms with Crippen LogP contribution in [0.4, 0.5) is 0 Å². The number of amides is 1. The number of benzene rings is 3. The molecular formula is C27H25NO6. The molecule has 7 nitrogen and oxygen atoms in total. The minimum Gasteiger partial charge on any atom is -0.508 e. The molecule has 7 heteroatoms. The summed E-state index contributed by atoms with van der Waals surface area (Å²) in [6, 6.07) is 14.1. The number of hydrogen-bond donors (Lipinski definition) is 3. The molecule has 2 heterocycles. The molecule has 0 radical (unpaired) electrons. The van der Waals surface area contributed by atoms with Crippen LogP contribution in [0, 0.1) is 5.92 Å². The molecule has 0 bridgehead atoms. The Bertz CT molecular complexity index is 1260. The molecule has 174 valence electrons. The third kappa shape index (κ3) is 3.44. The summed E-state index contributed by atoms with van der Waals surface area (Å²) in [5, 5.41) is 22.9. The first-order valence-corrected chi connectivity index (χ1v) is 11.3. The van der Waals surface area contributed by atoms with Gasteiger partial charge < -0.3 is 25.0 Å². The van der Waals surface area contributed by atoms with E-state index in [0.29, 0.717) is 46.2 Å². The van der Waals surface area contributed by atoms with Gasteiger partial charge in [-0.3, -0.25) is 4.79 Å². The third-order valence-electron chi connectivity index (χ3n) is 6.28. The minimum absolute atomic E-state index is 0.00784. The second-order valence-corrected chi connectivity index (χ2v) is 9.09. The lowest BCUT2D eigenvalue weighted by Crippen LogP contribution is -2.33. The zero-order valence-corrected chi connectivity index (χ0v) is 18.9. The fraction of sp³-hybridized carbons (Fsp3) is 0.259. The van der Waals surface area contributed by atoms with E-state index in [2.05, 4.69) is 19.2 Å². The number of phenols is 2. The Morgan fingerprint density at radius 3 is 2.18 bits per heavy atom. The van der Waals surface area contributed by atoms with E-state index in [1.165, 1.54) is 24.3 Å². The fourth-order valence-corrected chi connectivity index (χ4v) is 4.66. The highest BCUT2D eigenvalue weighted by atomic mass is 16.6. The van der Waals surface area contributed by atoms with Gasteiger partial charge in [0.2, 0.25) is 0 Å². The summed E-state index contributed by atoms with van der Waals surface area (Å²) in [7, 11) is 0. The van der Waals surface area contributed by atoms with E-state index in [4.69, 9.17) is 9.47 Å². The molecule has 3 aromatic rings. The maximum Gasteiger partial charge on any atom is 0.340 e. The van der Waals surface area contributed by atoms with Crippen molar-refractivity contribution in [3.05, 3.63) is 82.4 Å². The van der Waals surface area contributed by atoms with Crippen molar-refractivity contribution in [1.29, 1.82) is 0 Å². The first-order chi connectivity index (χ1) is 16.3. The van der Waals surface area contributed by atoms with Crippen molar-refractivity contribution in [1.82, 2.24) is 5.32 Å². The molecule has 1 spiro atoms. The lowest BCUT2D eigenvalue weighted by molar-refractivity contribution is 0.0224. The van der Waals surface area contributed by atoms with E-state index in [1.54, 1.807) is 30.3 Å². The Labute approximate surface area is 197 Å². The van der Waals surface area contributed by atoms with E-state index in [1.807, 2.05) is 0 Å². The summed E-state index contributed by atoms with van der Waals surface area (Å²) in [4.78, 5) is 25.8. The van der Waals surface area contributed by atoms with Crippen LogP contribution in [0.3, 0.4) is 0 Å². The maximum atomic E-state index is 13.1. The van der Waals surface area contributed by atoms with Gasteiger partial charge in [-0.25, -0.2) is 4.79 Å². The lowest BCUT2D eigenvalue weighted by atomic mass is 9.77. The number of rotatable bonds is 5. The molecule has 0 saturated heterocycles. The van der Waals surface area contributed by atoms with Crippen molar-refractivity contribution in [2.45, 2.75) is 32.3 Å². The average molecular weight is 459 g/mol. The van der Waals surface area contributed by atoms with Crippen molar-refractivity contribution < 1.29 is 29.3 Å². The van der Waals surface area contributed by atoms with E-state index in [0.717, 1.165) is 12.8 Å². The van der Waals surface area contributed by atoms with Crippen LogP contribution in [0.1, 0.15) is 64.1 Å². The second kappa shape index (κ2) is 8.09. The van der Waals surface area contributed by atoms with Crippen LogP contribution in [0.25, 0.3) is 0 Å². The van der Waals surface area contributed by atoms with Crippen LogP contribution >= 0.6 is 0 Å². The predicted octanol–water partition coefficient (Wildman–Crippen LogP) is 4.83. The van der Waals surface area contributed by atoms with Crippen LogP contribution < -0.4 is 10.1 Å². The number of phenolic OH excluding ortho intramolecular Hbond substituents is 2. The second-order valence-electron chi connectivity index (χ2n) is 9.09. The normalized spacial score (nSPS) is 14.7. The quantitative estimate of drug-likeness (QED) is 0.373.